The van der Waals surface area contributed by atoms with E-state index in [1.54, 1.807) is 0 Å². The first-order valence-electron chi connectivity index (χ1n) is 9.30. The van der Waals surface area contributed by atoms with Crippen LogP contribution in [0.1, 0.15) is 91.9 Å². The molecule has 4 heteroatoms. The summed E-state index contributed by atoms with van der Waals surface area (Å²) < 4.78 is 0. The predicted octanol–water partition coefficient (Wildman–Crippen LogP) is 4.74. The van der Waals surface area contributed by atoms with Crippen molar-refractivity contribution in [3.63, 3.8) is 0 Å². The molecular formula is C18H39N3O. The van der Waals surface area contributed by atoms with Crippen molar-refractivity contribution in [1.29, 1.82) is 0 Å². The molecular weight excluding hydrogens is 274 g/mol. The molecule has 0 fully saturated rings. The lowest BCUT2D eigenvalue weighted by molar-refractivity contribution is 0.234. The molecule has 0 aliphatic rings. The standard InChI is InChI=1S/C18H39N3O/c1-5-9-15(3)11-7-8-12-17(20-18(22)21-19)14-13-16(4)10-6-2/h15-17H,5-14,19H2,1-4H3,(H2,20,21,22). The molecule has 0 aliphatic carbocycles. The van der Waals surface area contributed by atoms with Crippen molar-refractivity contribution >= 4 is 6.03 Å². The highest BCUT2D eigenvalue weighted by Gasteiger charge is 2.13. The highest BCUT2D eigenvalue weighted by Crippen LogP contribution is 2.19. The highest BCUT2D eigenvalue weighted by atomic mass is 16.2. The van der Waals surface area contributed by atoms with Crippen LogP contribution in [0.2, 0.25) is 0 Å². The minimum absolute atomic E-state index is 0.254. The fraction of sp³-hybridized carbons (Fsp3) is 0.944. The fourth-order valence-electron chi connectivity index (χ4n) is 3.16. The number of urea groups is 1. The second-order valence-corrected chi connectivity index (χ2v) is 6.96. The molecule has 0 aliphatic heterocycles. The molecule has 4 N–H and O–H groups in total. The molecule has 0 aromatic rings. The first kappa shape index (κ1) is 21.2. The van der Waals surface area contributed by atoms with Crippen molar-refractivity contribution in [1.82, 2.24) is 10.7 Å². The second kappa shape index (κ2) is 13.9. The monoisotopic (exact) mass is 313 g/mol. The van der Waals surface area contributed by atoms with E-state index in [4.69, 9.17) is 5.84 Å². The van der Waals surface area contributed by atoms with E-state index in [1.807, 2.05) is 0 Å². The van der Waals surface area contributed by atoms with Gasteiger partial charge >= 0.3 is 6.03 Å². The third-order valence-corrected chi connectivity index (χ3v) is 4.54. The molecule has 0 rings (SSSR count). The molecule has 22 heavy (non-hydrogen) atoms. The van der Waals surface area contributed by atoms with Crippen molar-refractivity contribution in [2.24, 2.45) is 17.7 Å². The van der Waals surface area contributed by atoms with Gasteiger partial charge in [0.25, 0.3) is 0 Å². The van der Waals surface area contributed by atoms with Gasteiger partial charge < -0.3 is 5.32 Å². The zero-order chi connectivity index (χ0) is 16.8. The number of hydrogen-bond acceptors (Lipinski definition) is 2. The summed E-state index contributed by atoms with van der Waals surface area (Å²) in [7, 11) is 0. The number of hydrazine groups is 1. The second-order valence-electron chi connectivity index (χ2n) is 6.96. The zero-order valence-electron chi connectivity index (χ0n) is 15.3. The maximum atomic E-state index is 11.5. The van der Waals surface area contributed by atoms with E-state index < -0.39 is 0 Å². The average molecular weight is 314 g/mol. The van der Waals surface area contributed by atoms with Gasteiger partial charge in [-0.25, -0.2) is 10.6 Å². The van der Waals surface area contributed by atoms with Crippen LogP contribution in [0.15, 0.2) is 0 Å². The smallest absolute Gasteiger partial charge is 0.329 e. The number of carbonyl (C=O) groups is 1. The van der Waals surface area contributed by atoms with E-state index in [0.29, 0.717) is 0 Å². The van der Waals surface area contributed by atoms with Gasteiger partial charge in [-0.15, -0.1) is 0 Å². The zero-order valence-corrected chi connectivity index (χ0v) is 15.3. The highest BCUT2D eigenvalue weighted by molar-refractivity contribution is 5.73. The number of amides is 2. The van der Waals surface area contributed by atoms with Gasteiger partial charge in [-0.3, -0.25) is 5.43 Å². The number of rotatable bonds is 13. The third-order valence-electron chi connectivity index (χ3n) is 4.54. The molecule has 0 heterocycles. The molecule has 0 aromatic heterocycles. The molecule has 0 spiro atoms. The van der Waals surface area contributed by atoms with Crippen molar-refractivity contribution < 1.29 is 4.79 Å². The lowest BCUT2D eigenvalue weighted by atomic mass is 9.93. The molecule has 3 atom stereocenters. The Hall–Kier alpha value is -0.770. The molecule has 0 radical (unpaired) electrons. The van der Waals surface area contributed by atoms with Crippen LogP contribution in [0.5, 0.6) is 0 Å². The summed E-state index contributed by atoms with van der Waals surface area (Å²) in [5.74, 6) is 6.75. The maximum Gasteiger partial charge on any atom is 0.329 e. The molecule has 0 bridgehead atoms. The molecule has 2 amide bonds. The SMILES string of the molecule is CCCC(C)CCCCC(CCC(C)CCC)NC(=O)NN. The van der Waals surface area contributed by atoms with Crippen LogP contribution in [0.25, 0.3) is 0 Å². The molecule has 0 saturated carbocycles. The van der Waals surface area contributed by atoms with Crippen molar-refractivity contribution in [3.8, 4) is 0 Å². The lowest BCUT2D eigenvalue weighted by Crippen LogP contribution is -2.45. The molecule has 4 nitrogen and oxygen atoms in total. The van der Waals surface area contributed by atoms with Crippen molar-refractivity contribution in [3.05, 3.63) is 0 Å². The molecule has 132 valence electrons. The molecule has 0 saturated heterocycles. The van der Waals surface area contributed by atoms with Gasteiger partial charge in [-0.1, -0.05) is 72.6 Å². The number of nitrogens with one attached hydrogen (secondary N) is 2. The minimum atomic E-state index is -0.257. The number of hydrogen-bond donors (Lipinski definition) is 3. The Morgan fingerprint density at radius 1 is 0.864 bits per heavy atom. The van der Waals surface area contributed by atoms with E-state index in [2.05, 4.69) is 38.4 Å². The lowest BCUT2D eigenvalue weighted by Gasteiger charge is -2.20. The Morgan fingerprint density at radius 2 is 1.41 bits per heavy atom. The van der Waals surface area contributed by atoms with Gasteiger partial charge in [0.15, 0.2) is 0 Å². The first-order chi connectivity index (χ1) is 10.5. The van der Waals surface area contributed by atoms with Gasteiger partial charge in [-0.05, 0) is 31.1 Å². The molecule has 0 aromatic carbocycles. The largest absolute Gasteiger partial charge is 0.334 e. The summed E-state index contributed by atoms with van der Waals surface area (Å²) in [4.78, 5) is 11.5. The van der Waals surface area contributed by atoms with Crippen LogP contribution in [-0.4, -0.2) is 12.1 Å². The van der Waals surface area contributed by atoms with Crippen molar-refractivity contribution in [2.75, 3.05) is 0 Å². The first-order valence-corrected chi connectivity index (χ1v) is 9.30. The quantitative estimate of drug-likeness (QED) is 0.199. The van der Waals surface area contributed by atoms with E-state index in [9.17, 15) is 4.79 Å². The van der Waals surface area contributed by atoms with Gasteiger partial charge in [0.2, 0.25) is 0 Å². The third kappa shape index (κ3) is 11.8. The summed E-state index contributed by atoms with van der Waals surface area (Å²) in [6.07, 6.45) is 12.1. The van der Waals surface area contributed by atoms with Crippen LogP contribution in [0.3, 0.4) is 0 Å². The summed E-state index contributed by atoms with van der Waals surface area (Å²) in [6.45, 7) is 9.12. The summed E-state index contributed by atoms with van der Waals surface area (Å²) >= 11 is 0. The predicted molar refractivity (Wildman–Crippen MR) is 95.5 cm³/mol. The maximum absolute atomic E-state index is 11.5. The topological polar surface area (TPSA) is 67.2 Å². The van der Waals surface area contributed by atoms with Gasteiger partial charge in [-0.2, -0.15) is 0 Å². The summed E-state index contributed by atoms with van der Waals surface area (Å²) in [5.41, 5.74) is 2.18. The van der Waals surface area contributed by atoms with Crippen LogP contribution < -0.4 is 16.6 Å². The Morgan fingerprint density at radius 3 is 1.95 bits per heavy atom. The van der Waals surface area contributed by atoms with Crippen molar-refractivity contribution in [2.45, 2.75) is 97.9 Å². The Kier molecular flexibility index (Phi) is 13.4. The van der Waals surface area contributed by atoms with Crippen LogP contribution in [-0.2, 0) is 0 Å². The Labute approximate surface area is 138 Å². The van der Waals surface area contributed by atoms with E-state index in [0.717, 1.165) is 24.7 Å². The number of unbranched alkanes of at least 4 members (excludes halogenated alkanes) is 1. The fourth-order valence-corrected chi connectivity index (χ4v) is 3.16. The molecule has 3 unspecified atom stereocenters. The number of nitrogens with two attached hydrogens (primary N) is 1. The summed E-state index contributed by atoms with van der Waals surface area (Å²) in [6, 6.07) is -0.00293. The van der Waals surface area contributed by atoms with Gasteiger partial charge in [0, 0.05) is 6.04 Å². The average Bonchev–Trinajstić information content (AvgIpc) is 2.49. The normalized spacial score (nSPS) is 15.1. The summed E-state index contributed by atoms with van der Waals surface area (Å²) in [5, 5.41) is 3.00. The van der Waals surface area contributed by atoms with Gasteiger partial charge in [0.1, 0.15) is 0 Å². The van der Waals surface area contributed by atoms with Crippen LogP contribution in [0, 0.1) is 11.8 Å². The van der Waals surface area contributed by atoms with E-state index >= 15 is 0 Å². The Bertz CT molecular complexity index is 271. The van der Waals surface area contributed by atoms with E-state index in [-0.39, 0.29) is 12.1 Å². The number of carbonyl (C=O) groups excluding carboxylic acids is 1. The van der Waals surface area contributed by atoms with Gasteiger partial charge in [0.05, 0.1) is 0 Å². The van der Waals surface area contributed by atoms with E-state index in [1.165, 1.54) is 51.4 Å². The van der Waals surface area contributed by atoms with Crippen LogP contribution in [0.4, 0.5) is 4.79 Å². The Balaban J connectivity index is 4.04. The van der Waals surface area contributed by atoms with Crippen LogP contribution >= 0.6 is 0 Å². The minimum Gasteiger partial charge on any atom is -0.334 e.